The maximum absolute atomic E-state index is 12.9. The second kappa shape index (κ2) is 26.0. The first-order valence-corrected chi connectivity index (χ1v) is 27.1. The van der Waals surface area contributed by atoms with E-state index in [0.29, 0.717) is 80.5 Å². The average molecular weight is 1060 g/mol. The second-order valence-corrected chi connectivity index (χ2v) is 21.0. The van der Waals surface area contributed by atoms with Crippen LogP contribution in [0.2, 0.25) is 0 Å². The fraction of sp³-hybridized carbons (Fsp3) is 0.333. The largest absolute Gasteiger partial charge is 0.484 e. The Kier molecular flexibility index (Phi) is 18.9. The minimum atomic E-state index is -0.187. The molecule has 386 valence electrons. The van der Waals surface area contributed by atoms with E-state index in [1.165, 1.54) is 27.0 Å². The molecule has 0 saturated heterocycles. The number of thioether (sulfide) groups is 1. The van der Waals surface area contributed by atoms with Crippen molar-refractivity contribution in [2.45, 2.75) is 37.2 Å². The molecule has 0 aliphatic carbocycles. The van der Waals surface area contributed by atoms with Gasteiger partial charge in [-0.3, -0.25) is 14.3 Å². The number of hydrogen-bond donors (Lipinski definition) is 2. The number of rotatable bonds is 26. The third-order valence-corrected chi connectivity index (χ3v) is 14.6. The van der Waals surface area contributed by atoms with E-state index >= 15 is 0 Å². The van der Waals surface area contributed by atoms with Crippen LogP contribution in [0, 0.1) is 0 Å². The summed E-state index contributed by atoms with van der Waals surface area (Å²) in [5.74, 6) is 1.44. The van der Waals surface area contributed by atoms with E-state index in [4.69, 9.17) is 27.9 Å². The number of amides is 2. The van der Waals surface area contributed by atoms with Crippen LogP contribution in [-0.2, 0) is 43.2 Å². The van der Waals surface area contributed by atoms with Crippen LogP contribution >= 0.6 is 35.0 Å². The standard InChI is InChI=1S/C57H66Cl2N11O3S/c1-64-34-35-66(43-64)40-44-15-17-45(18-16-44)47(38-46-23-30-65(2)52-11-6-5-10-51(46)52)39-57-69(53-12-7-8-13-54(53)74-57)31-24-48-41-68(63-62-48)29-9-14-55(71)60-27-36-70(3,4)37-28-61-56(72)42-73-50-21-19-49(20-22-50)67(32-25-58)33-26-59/h5-8,10-13,15-23,30,34-35,38-39,41,43H,9,14,24-29,31-33,36-37,40,42H2,1-4H3/q+1/p+2. The van der Waals surface area contributed by atoms with E-state index in [2.05, 4.69) is 182 Å². The molecule has 2 amide bonds. The van der Waals surface area contributed by atoms with Gasteiger partial charge in [-0.2, -0.15) is 0 Å². The van der Waals surface area contributed by atoms with Crippen molar-refractivity contribution in [3.05, 3.63) is 168 Å². The Hall–Kier alpha value is -6.65. The van der Waals surface area contributed by atoms with Gasteiger partial charge in [0.05, 0.1) is 69.1 Å². The molecule has 8 rings (SSSR count). The van der Waals surface area contributed by atoms with Gasteiger partial charge in [0.25, 0.3) is 5.91 Å². The SMILES string of the molecule is C[n+]1ccn(Cc2ccc(C(=C\c3cc[n+](C)c4ccccc34)/C=C3\Sc4ccccc4N3CCc3cn(CCCC(=O)NCC[N+](C)(C)CCNC(=O)COc4ccc(N(CCCl)CCCl)cc4)nn3)cc2)c1. The summed E-state index contributed by atoms with van der Waals surface area (Å²) in [4.78, 5) is 31.1. The van der Waals surface area contributed by atoms with Crippen LogP contribution < -0.4 is 34.3 Å². The maximum atomic E-state index is 12.9. The molecule has 1 aliphatic rings. The molecule has 0 fully saturated rings. The second-order valence-electron chi connectivity index (χ2n) is 19.2. The molecule has 4 heterocycles. The molecular formula is C57H68Cl2N11O3S+3. The summed E-state index contributed by atoms with van der Waals surface area (Å²) in [6, 6.07) is 35.8. The van der Waals surface area contributed by atoms with Crippen molar-refractivity contribution < 1.29 is 27.9 Å². The molecule has 74 heavy (non-hydrogen) atoms. The van der Waals surface area contributed by atoms with E-state index in [1.807, 2.05) is 42.2 Å². The van der Waals surface area contributed by atoms with Gasteiger partial charge in [-0.1, -0.05) is 65.5 Å². The lowest BCUT2D eigenvalue weighted by molar-refractivity contribution is -0.887. The molecule has 0 radical (unpaired) electrons. The summed E-state index contributed by atoms with van der Waals surface area (Å²) >= 11 is 13.7. The van der Waals surface area contributed by atoms with Crippen molar-refractivity contribution in [1.82, 2.24) is 30.2 Å². The Morgan fingerprint density at radius 1 is 0.851 bits per heavy atom. The van der Waals surface area contributed by atoms with Crippen LogP contribution in [0.1, 0.15) is 35.2 Å². The Balaban J connectivity index is 0.814. The average Bonchev–Trinajstić information content (AvgIpc) is 4.13. The zero-order valence-corrected chi connectivity index (χ0v) is 45.2. The molecular weight excluding hydrogens is 990 g/mol. The van der Waals surface area contributed by atoms with Gasteiger partial charge in [-0.25, -0.2) is 13.7 Å². The van der Waals surface area contributed by atoms with Gasteiger partial charge in [-0.05, 0) is 83.3 Å². The van der Waals surface area contributed by atoms with Crippen molar-refractivity contribution in [3.63, 3.8) is 0 Å². The van der Waals surface area contributed by atoms with Crippen molar-refractivity contribution in [1.29, 1.82) is 0 Å². The number of aryl methyl sites for hydroxylation is 3. The molecule has 4 aromatic carbocycles. The first kappa shape index (κ1) is 53.6. The van der Waals surface area contributed by atoms with Gasteiger partial charge in [0.15, 0.2) is 12.8 Å². The number of quaternary nitrogens is 1. The van der Waals surface area contributed by atoms with E-state index < -0.39 is 0 Å². The lowest BCUT2D eigenvalue weighted by Crippen LogP contribution is -2.49. The molecule has 0 saturated carbocycles. The zero-order valence-electron chi connectivity index (χ0n) is 42.9. The Morgan fingerprint density at radius 2 is 1.58 bits per heavy atom. The van der Waals surface area contributed by atoms with Gasteiger partial charge < -0.3 is 29.7 Å². The van der Waals surface area contributed by atoms with Crippen LogP contribution in [0.15, 0.2) is 150 Å². The molecule has 17 heteroatoms. The Bertz CT molecular complexity index is 3040. The number of hydrogen-bond acceptors (Lipinski definition) is 8. The third-order valence-electron chi connectivity index (χ3n) is 13.1. The minimum Gasteiger partial charge on any atom is -0.484 e. The van der Waals surface area contributed by atoms with Gasteiger partial charge in [0.2, 0.25) is 17.8 Å². The fourth-order valence-electron chi connectivity index (χ4n) is 8.94. The Morgan fingerprint density at radius 3 is 2.32 bits per heavy atom. The number of para-hydroxylation sites is 2. The van der Waals surface area contributed by atoms with Crippen LogP contribution in [0.4, 0.5) is 11.4 Å². The molecule has 14 nitrogen and oxygen atoms in total. The lowest BCUT2D eigenvalue weighted by Gasteiger charge is -2.30. The Labute approximate surface area is 449 Å². The summed E-state index contributed by atoms with van der Waals surface area (Å²) in [5, 5.41) is 17.4. The van der Waals surface area contributed by atoms with E-state index in [9.17, 15) is 9.59 Å². The van der Waals surface area contributed by atoms with Crippen molar-refractivity contribution in [2.75, 3.05) is 88.1 Å². The van der Waals surface area contributed by atoms with Crippen molar-refractivity contribution in [2.24, 2.45) is 14.1 Å². The number of anilines is 2. The summed E-state index contributed by atoms with van der Waals surface area (Å²) in [5.41, 5.74) is 8.91. The number of halogens is 2. The number of aromatic nitrogens is 6. The smallest absolute Gasteiger partial charge is 0.258 e. The molecule has 0 unspecified atom stereocenters. The van der Waals surface area contributed by atoms with Gasteiger partial charge >= 0.3 is 0 Å². The molecule has 2 N–H and O–H groups in total. The van der Waals surface area contributed by atoms with Gasteiger partial charge in [0.1, 0.15) is 31.7 Å². The van der Waals surface area contributed by atoms with E-state index in [0.717, 1.165) is 52.7 Å². The van der Waals surface area contributed by atoms with Gasteiger partial charge in [-0.15, -0.1) is 28.3 Å². The number of carbonyl (C=O) groups excluding carboxylic acids is 2. The number of alkyl halides is 2. The fourth-order valence-corrected chi connectivity index (χ4v) is 10.5. The topological polar surface area (TPSA) is 117 Å². The first-order valence-electron chi connectivity index (χ1n) is 25.2. The first-order chi connectivity index (χ1) is 35.9. The highest BCUT2D eigenvalue weighted by atomic mass is 35.5. The van der Waals surface area contributed by atoms with E-state index in [1.54, 1.807) is 11.8 Å². The highest BCUT2D eigenvalue weighted by Gasteiger charge is 2.26. The van der Waals surface area contributed by atoms with Crippen LogP contribution in [0.5, 0.6) is 5.75 Å². The maximum Gasteiger partial charge on any atom is 0.258 e. The predicted molar refractivity (Wildman–Crippen MR) is 298 cm³/mol. The number of likely N-dealkylation sites (N-methyl/N-ethyl adjacent to an activating group) is 1. The van der Waals surface area contributed by atoms with Crippen molar-refractivity contribution in [3.8, 4) is 5.75 Å². The summed E-state index contributed by atoms with van der Waals surface area (Å²) < 4.78 is 14.6. The molecule has 0 atom stereocenters. The number of carbonyl (C=O) groups is 2. The number of nitrogens with one attached hydrogen (secondary N) is 2. The van der Waals surface area contributed by atoms with Crippen LogP contribution in [0.25, 0.3) is 22.6 Å². The van der Waals surface area contributed by atoms with Crippen LogP contribution in [-0.4, -0.2) is 114 Å². The van der Waals surface area contributed by atoms with Gasteiger partial charge in [0, 0.05) is 79.7 Å². The highest BCUT2D eigenvalue weighted by molar-refractivity contribution is 8.03. The molecule has 1 aliphatic heterocycles. The molecule has 0 bridgehead atoms. The number of pyridine rings is 1. The third kappa shape index (κ3) is 15.0. The summed E-state index contributed by atoms with van der Waals surface area (Å²) in [7, 11) is 8.30. The number of allylic oxidation sites excluding steroid dienone is 2. The number of imidazole rings is 1. The molecule has 3 aromatic heterocycles. The normalized spacial score (nSPS) is 13.1. The lowest BCUT2D eigenvalue weighted by atomic mass is 9.99. The number of fused-ring (bicyclic) bond motifs is 2. The predicted octanol–water partition coefficient (Wildman–Crippen LogP) is 7.62. The van der Waals surface area contributed by atoms with E-state index in [-0.39, 0.29) is 18.4 Å². The molecule has 0 spiro atoms. The zero-order chi connectivity index (χ0) is 51.9. The monoisotopic (exact) mass is 1060 g/mol. The summed E-state index contributed by atoms with van der Waals surface area (Å²) in [6.07, 6.45) is 16.8. The van der Waals surface area contributed by atoms with Crippen LogP contribution in [0.3, 0.4) is 0 Å². The van der Waals surface area contributed by atoms with Crippen molar-refractivity contribution >= 4 is 80.7 Å². The quantitative estimate of drug-likeness (QED) is 0.0324. The number of benzene rings is 4. The molecule has 7 aromatic rings. The highest BCUT2D eigenvalue weighted by Crippen LogP contribution is 2.47. The summed E-state index contributed by atoms with van der Waals surface area (Å²) in [6.45, 7) is 5.89. The number of ether oxygens (including phenoxy) is 1. The minimum absolute atomic E-state index is 0.00384. The number of nitrogens with zero attached hydrogens (tertiary/aromatic N) is 9.